The Hall–Kier alpha value is -0.830. The van der Waals surface area contributed by atoms with E-state index < -0.39 is 0 Å². The lowest BCUT2D eigenvalue weighted by Crippen LogP contribution is -2.46. The third-order valence-electron chi connectivity index (χ3n) is 2.54. The van der Waals surface area contributed by atoms with Gasteiger partial charge < -0.3 is 10.6 Å². The summed E-state index contributed by atoms with van der Waals surface area (Å²) in [6, 6.07) is 0.328. The Kier molecular flexibility index (Phi) is 4.66. The zero-order chi connectivity index (χ0) is 10.4. The maximum Gasteiger partial charge on any atom is 0.237 e. The number of hydrogen-bond acceptors (Lipinski definition) is 2. The topological polar surface area (TPSA) is 41.1 Å². The zero-order valence-corrected chi connectivity index (χ0v) is 8.88. The first-order chi connectivity index (χ1) is 6.74. The zero-order valence-electron chi connectivity index (χ0n) is 8.88. The van der Waals surface area contributed by atoms with Crippen molar-refractivity contribution in [1.29, 1.82) is 0 Å². The van der Waals surface area contributed by atoms with E-state index in [2.05, 4.69) is 24.1 Å². The van der Waals surface area contributed by atoms with Crippen molar-refractivity contribution in [3.8, 4) is 0 Å². The van der Waals surface area contributed by atoms with Gasteiger partial charge in [-0.15, -0.1) is 6.58 Å². The van der Waals surface area contributed by atoms with Crippen LogP contribution in [0.25, 0.3) is 0 Å². The van der Waals surface area contributed by atoms with Gasteiger partial charge in [0.05, 0.1) is 6.04 Å². The Balaban J connectivity index is 2.39. The quantitative estimate of drug-likeness (QED) is 0.664. The Morgan fingerprint density at radius 3 is 3.21 bits per heavy atom. The van der Waals surface area contributed by atoms with Crippen LogP contribution < -0.4 is 10.6 Å². The molecule has 0 aliphatic carbocycles. The minimum absolute atomic E-state index is 0.00699. The lowest BCUT2D eigenvalue weighted by atomic mass is 10.1. The molecule has 0 spiro atoms. The fourth-order valence-electron chi connectivity index (χ4n) is 1.76. The molecule has 2 atom stereocenters. The maximum absolute atomic E-state index is 11.6. The van der Waals surface area contributed by atoms with Crippen LogP contribution in [0, 0.1) is 0 Å². The summed E-state index contributed by atoms with van der Waals surface area (Å²) in [6.45, 7) is 6.60. The van der Waals surface area contributed by atoms with E-state index in [0.717, 1.165) is 32.2 Å². The van der Waals surface area contributed by atoms with Crippen molar-refractivity contribution >= 4 is 5.91 Å². The van der Waals surface area contributed by atoms with Crippen LogP contribution in [-0.4, -0.2) is 24.5 Å². The number of carbonyl (C=O) groups excluding carboxylic acids is 1. The van der Waals surface area contributed by atoms with E-state index >= 15 is 0 Å². The van der Waals surface area contributed by atoms with Crippen molar-refractivity contribution in [3.05, 3.63) is 12.7 Å². The molecule has 0 radical (unpaired) electrons. The fraction of sp³-hybridized carbons (Fsp3) is 0.727. The second-order valence-electron chi connectivity index (χ2n) is 3.93. The summed E-state index contributed by atoms with van der Waals surface area (Å²) in [7, 11) is 0. The number of rotatable bonds is 4. The van der Waals surface area contributed by atoms with Crippen LogP contribution in [0.15, 0.2) is 12.7 Å². The third-order valence-corrected chi connectivity index (χ3v) is 2.54. The van der Waals surface area contributed by atoms with E-state index in [1.165, 1.54) is 0 Å². The molecule has 0 aromatic carbocycles. The molecule has 1 rings (SSSR count). The first-order valence-corrected chi connectivity index (χ1v) is 5.38. The average Bonchev–Trinajstić information content (AvgIpc) is 2.33. The lowest BCUT2D eigenvalue weighted by molar-refractivity contribution is -0.123. The summed E-state index contributed by atoms with van der Waals surface area (Å²) >= 11 is 0. The summed E-state index contributed by atoms with van der Waals surface area (Å²) in [6.07, 6.45) is 5.96. The van der Waals surface area contributed by atoms with Crippen LogP contribution >= 0.6 is 0 Å². The molecule has 1 saturated heterocycles. The van der Waals surface area contributed by atoms with Crippen LogP contribution in [0.1, 0.15) is 32.6 Å². The highest BCUT2D eigenvalue weighted by molar-refractivity contribution is 5.81. The molecule has 1 fully saturated rings. The molecule has 14 heavy (non-hydrogen) atoms. The van der Waals surface area contributed by atoms with Gasteiger partial charge in [0.25, 0.3) is 0 Å². The van der Waals surface area contributed by atoms with Crippen molar-refractivity contribution < 1.29 is 4.79 Å². The highest BCUT2D eigenvalue weighted by Crippen LogP contribution is 2.07. The van der Waals surface area contributed by atoms with E-state index in [-0.39, 0.29) is 11.9 Å². The fourth-order valence-corrected chi connectivity index (χ4v) is 1.76. The van der Waals surface area contributed by atoms with E-state index in [1.54, 1.807) is 0 Å². The van der Waals surface area contributed by atoms with Crippen molar-refractivity contribution in [2.75, 3.05) is 6.54 Å². The Morgan fingerprint density at radius 1 is 1.71 bits per heavy atom. The summed E-state index contributed by atoms with van der Waals surface area (Å²) in [5, 5.41) is 6.24. The normalized spacial score (nSPS) is 24.9. The maximum atomic E-state index is 11.6. The van der Waals surface area contributed by atoms with Gasteiger partial charge in [0.2, 0.25) is 5.91 Å². The summed E-state index contributed by atoms with van der Waals surface area (Å²) in [4.78, 5) is 11.6. The van der Waals surface area contributed by atoms with E-state index in [4.69, 9.17) is 0 Å². The minimum atomic E-state index is -0.00699. The monoisotopic (exact) mass is 196 g/mol. The number of carbonyl (C=O) groups is 1. The Bertz CT molecular complexity index is 203. The molecule has 1 aliphatic rings. The Morgan fingerprint density at radius 2 is 2.50 bits per heavy atom. The van der Waals surface area contributed by atoms with Gasteiger partial charge in [-0.25, -0.2) is 0 Å². The van der Waals surface area contributed by atoms with Crippen LogP contribution in [0.5, 0.6) is 0 Å². The molecule has 0 aromatic rings. The van der Waals surface area contributed by atoms with E-state index in [1.807, 2.05) is 6.08 Å². The SMILES string of the molecule is C=CCC(C)NC1CCCCNC1=O. The number of hydrogen-bond donors (Lipinski definition) is 2. The summed E-state index contributed by atoms with van der Waals surface area (Å²) in [5.41, 5.74) is 0. The van der Waals surface area contributed by atoms with Gasteiger partial charge in [-0.2, -0.15) is 0 Å². The minimum Gasteiger partial charge on any atom is -0.355 e. The van der Waals surface area contributed by atoms with Crippen molar-refractivity contribution in [2.45, 2.75) is 44.7 Å². The van der Waals surface area contributed by atoms with Crippen LogP contribution in [0.3, 0.4) is 0 Å². The van der Waals surface area contributed by atoms with Gasteiger partial charge in [0.1, 0.15) is 0 Å². The first-order valence-electron chi connectivity index (χ1n) is 5.38. The van der Waals surface area contributed by atoms with Gasteiger partial charge in [-0.1, -0.05) is 6.08 Å². The molecule has 80 valence electrons. The molecule has 2 unspecified atom stereocenters. The van der Waals surface area contributed by atoms with E-state index in [0.29, 0.717) is 6.04 Å². The van der Waals surface area contributed by atoms with E-state index in [9.17, 15) is 4.79 Å². The predicted octanol–water partition coefficient (Wildman–Crippen LogP) is 1.21. The van der Waals surface area contributed by atoms with Crippen molar-refractivity contribution in [1.82, 2.24) is 10.6 Å². The predicted molar refractivity (Wildman–Crippen MR) is 58.1 cm³/mol. The molecule has 1 heterocycles. The second kappa shape index (κ2) is 5.81. The van der Waals surface area contributed by atoms with Crippen LogP contribution in [-0.2, 0) is 4.79 Å². The number of amides is 1. The first kappa shape index (κ1) is 11.2. The van der Waals surface area contributed by atoms with Gasteiger partial charge in [-0.05, 0) is 32.6 Å². The van der Waals surface area contributed by atoms with Gasteiger partial charge >= 0.3 is 0 Å². The molecule has 0 bridgehead atoms. The standard InChI is InChI=1S/C11H20N2O/c1-3-6-9(2)13-10-7-4-5-8-12-11(10)14/h3,9-10,13H,1,4-8H2,2H3,(H,12,14). The van der Waals surface area contributed by atoms with Crippen molar-refractivity contribution in [2.24, 2.45) is 0 Å². The molecule has 3 heteroatoms. The van der Waals surface area contributed by atoms with Gasteiger partial charge in [0, 0.05) is 12.6 Å². The summed E-state index contributed by atoms with van der Waals surface area (Å²) in [5.74, 6) is 0.151. The van der Waals surface area contributed by atoms with Gasteiger partial charge in [-0.3, -0.25) is 4.79 Å². The highest BCUT2D eigenvalue weighted by atomic mass is 16.2. The van der Waals surface area contributed by atoms with Crippen LogP contribution in [0.4, 0.5) is 0 Å². The molecule has 1 amide bonds. The molecule has 3 nitrogen and oxygen atoms in total. The average molecular weight is 196 g/mol. The molecule has 0 saturated carbocycles. The van der Waals surface area contributed by atoms with Gasteiger partial charge in [0.15, 0.2) is 0 Å². The highest BCUT2D eigenvalue weighted by Gasteiger charge is 2.21. The smallest absolute Gasteiger partial charge is 0.237 e. The second-order valence-corrected chi connectivity index (χ2v) is 3.93. The molecule has 0 aromatic heterocycles. The third kappa shape index (κ3) is 3.50. The molecular weight excluding hydrogens is 176 g/mol. The lowest BCUT2D eigenvalue weighted by Gasteiger charge is -2.19. The molecule has 2 N–H and O–H groups in total. The summed E-state index contributed by atoms with van der Waals surface area (Å²) < 4.78 is 0. The molecule has 1 aliphatic heterocycles. The van der Waals surface area contributed by atoms with Crippen LogP contribution in [0.2, 0.25) is 0 Å². The largest absolute Gasteiger partial charge is 0.355 e. The Labute approximate surface area is 86.0 Å². The number of nitrogens with one attached hydrogen (secondary N) is 2. The van der Waals surface area contributed by atoms with Crippen molar-refractivity contribution in [3.63, 3.8) is 0 Å². The molecular formula is C11H20N2O.